The van der Waals surface area contributed by atoms with Crippen molar-refractivity contribution in [3.8, 4) is 0 Å². The Kier molecular flexibility index (Phi) is 4.01. The Hall–Kier alpha value is -0.590. The number of carbonyl (C=O) groups excluding carboxylic acids is 1. The highest BCUT2D eigenvalue weighted by Gasteiger charge is 2.58. The first-order valence-corrected chi connectivity index (χ1v) is 10.4. The van der Waals surface area contributed by atoms with Gasteiger partial charge in [0.1, 0.15) is 0 Å². The number of carbonyl (C=O) groups is 1. The van der Waals surface area contributed by atoms with Gasteiger partial charge in [-0.15, -0.1) is 0 Å². The minimum atomic E-state index is 0.336. The molecule has 1 unspecified atom stereocenters. The molecule has 4 aliphatic carbocycles. The quantitative estimate of drug-likeness (QED) is 0.595. The zero-order valence-corrected chi connectivity index (χ0v) is 16.2. The first-order chi connectivity index (χ1) is 11.3. The molecule has 0 aromatic rings. The van der Waals surface area contributed by atoms with Crippen molar-refractivity contribution in [1.82, 2.24) is 0 Å². The molecule has 4 aliphatic rings. The Bertz CT molecular complexity index is 558. The summed E-state index contributed by atoms with van der Waals surface area (Å²) in [5.41, 5.74) is 2.43. The lowest BCUT2D eigenvalue weighted by molar-refractivity contribution is -0.117. The minimum absolute atomic E-state index is 0.336. The summed E-state index contributed by atoms with van der Waals surface area (Å²) in [4.78, 5) is 11.9. The van der Waals surface area contributed by atoms with Crippen LogP contribution in [0.3, 0.4) is 0 Å². The predicted octanol–water partition coefficient (Wildman–Crippen LogP) is 6.14. The number of allylic oxidation sites excluding steroid dienone is 1. The molecule has 3 saturated carbocycles. The third kappa shape index (κ3) is 2.36. The highest BCUT2D eigenvalue weighted by molar-refractivity contribution is 5.91. The Balaban J connectivity index is 1.61. The smallest absolute Gasteiger partial charge is 0.155 e. The predicted molar refractivity (Wildman–Crippen MR) is 99.4 cm³/mol. The van der Waals surface area contributed by atoms with Crippen molar-refractivity contribution in [2.24, 2.45) is 34.5 Å². The van der Waals surface area contributed by atoms with Gasteiger partial charge >= 0.3 is 0 Å². The molecule has 6 atom stereocenters. The molecule has 133 valence electrons. The summed E-state index contributed by atoms with van der Waals surface area (Å²) in [6.45, 7) is 9.77. The van der Waals surface area contributed by atoms with Crippen LogP contribution in [-0.4, -0.2) is 5.78 Å². The van der Waals surface area contributed by atoms with Crippen LogP contribution in [0.4, 0.5) is 0 Å². The van der Waals surface area contributed by atoms with Crippen LogP contribution in [0.2, 0.25) is 0 Å². The van der Waals surface area contributed by atoms with Crippen LogP contribution in [-0.2, 0) is 4.79 Å². The van der Waals surface area contributed by atoms with Gasteiger partial charge < -0.3 is 0 Å². The maximum absolute atomic E-state index is 11.9. The van der Waals surface area contributed by atoms with Gasteiger partial charge in [0.2, 0.25) is 0 Å². The third-order valence-electron chi connectivity index (χ3n) is 8.81. The van der Waals surface area contributed by atoms with Crippen LogP contribution in [0, 0.1) is 40.4 Å². The molecule has 0 N–H and O–H groups in total. The average molecular weight is 328 g/mol. The largest absolute Gasteiger partial charge is 0.295 e. The van der Waals surface area contributed by atoms with Crippen LogP contribution < -0.4 is 0 Å². The summed E-state index contributed by atoms with van der Waals surface area (Å²) in [7, 11) is 0. The van der Waals surface area contributed by atoms with Crippen molar-refractivity contribution in [3.05, 3.63) is 17.6 Å². The molecule has 0 amide bonds. The van der Waals surface area contributed by atoms with Crippen LogP contribution >= 0.6 is 0 Å². The Labute approximate surface area is 148 Å². The van der Waals surface area contributed by atoms with Crippen molar-refractivity contribution >= 4 is 5.78 Å². The van der Waals surface area contributed by atoms with Gasteiger partial charge in [-0.3, -0.25) is 4.79 Å². The molecular formula is C23H35O. The monoisotopic (exact) mass is 327 g/mol. The lowest BCUT2D eigenvalue weighted by Gasteiger charge is -2.58. The average Bonchev–Trinajstić information content (AvgIpc) is 2.84. The number of hydrogen-bond acceptors (Lipinski definition) is 1. The van der Waals surface area contributed by atoms with E-state index in [4.69, 9.17) is 0 Å². The number of ketones is 1. The molecule has 4 rings (SSSR count). The van der Waals surface area contributed by atoms with E-state index in [1.165, 1.54) is 50.5 Å². The maximum Gasteiger partial charge on any atom is 0.155 e. The molecule has 0 aromatic heterocycles. The van der Waals surface area contributed by atoms with Crippen molar-refractivity contribution in [1.29, 1.82) is 0 Å². The molecule has 0 aromatic carbocycles. The first kappa shape index (κ1) is 16.9. The molecule has 3 fully saturated rings. The van der Waals surface area contributed by atoms with Gasteiger partial charge in [-0.05, 0) is 97.9 Å². The fourth-order valence-corrected chi connectivity index (χ4v) is 7.50. The highest BCUT2D eigenvalue weighted by atomic mass is 16.1. The third-order valence-corrected chi connectivity index (χ3v) is 8.81. The maximum atomic E-state index is 11.9. The van der Waals surface area contributed by atoms with Crippen molar-refractivity contribution in [3.63, 3.8) is 0 Å². The lowest BCUT2D eigenvalue weighted by atomic mass is 9.46. The van der Waals surface area contributed by atoms with E-state index in [0.717, 1.165) is 36.5 Å². The topological polar surface area (TPSA) is 17.1 Å². The molecule has 1 nitrogen and oxygen atoms in total. The highest BCUT2D eigenvalue weighted by Crippen LogP contribution is 2.67. The lowest BCUT2D eigenvalue weighted by Crippen LogP contribution is -2.50. The summed E-state index contributed by atoms with van der Waals surface area (Å²) in [5, 5.41) is 0. The number of hydrogen-bond donors (Lipinski definition) is 0. The van der Waals surface area contributed by atoms with Gasteiger partial charge in [-0.1, -0.05) is 33.3 Å². The fraction of sp³-hybridized carbons (Fsp3) is 0.826. The van der Waals surface area contributed by atoms with E-state index in [2.05, 4.69) is 27.7 Å². The summed E-state index contributed by atoms with van der Waals surface area (Å²) >= 11 is 0. The van der Waals surface area contributed by atoms with Gasteiger partial charge in [0.25, 0.3) is 0 Å². The first-order valence-electron chi connectivity index (χ1n) is 10.4. The second-order valence-electron chi connectivity index (χ2n) is 10.2. The summed E-state index contributed by atoms with van der Waals surface area (Å²) in [6, 6.07) is 0. The minimum Gasteiger partial charge on any atom is -0.295 e. The van der Waals surface area contributed by atoms with E-state index in [9.17, 15) is 4.79 Å². The number of fused-ring (bicyclic) bond motifs is 5. The normalized spacial score (nSPS) is 47.9. The standard InChI is InChI=1S/C23H35O/c1-15(2)13-16-6-8-20-19-7-5-17-14-18(24)9-11-22(17,3)21(19)10-12-23(16,20)4/h14,16,19-21H,5-13H2,1-4H3/t16?,19-,20-,21+,22-,23+/m0/s1. The SMILES string of the molecule is C[C](C)CC1CC[C@H]2[C@@H]3CCC4=CC(=O)CC[C@]4(C)[C@@H]3CC[C@]12C. The molecule has 0 bridgehead atoms. The van der Waals surface area contributed by atoms with Crippen molar-refractivity contribution < 1.29 is 4.79 Å². The van der Waals surface area contributed by atoms with Crippen LogP contribution in [0.1, 0.15) is 85.5 Å². The Morgan fingerprint density at radius 1 is 1.04 bits per heavy atom. The second kappa shape index (κ2) is 5.71. The zero-order valence-electron chi connectivity index (χ0n) is 16.2. The van der Waals surface area contributed by atoms with Gasteiger partial charge in [-0.2, -0.15) is 0 Å². The molecular weight excluding hydrogens is 292 g/mol. The summed E-state index contributed by atoms with van der Waals surface area (Å²) in [5.74, 6) is 5.63. The molecule has 1 radical (unpaired) electrons. The van der Waals surface area contributed by atoms with E-state index in [0.29, 0.717) is 16.6 Å². The Morgan fingerprint density at radius 3 is 2.58 bits per heavy atom. The van der Waals surface area contributed by atoms with E-state index in [1.54, 1.807) is 5.92 Å². The van der Waals surface area contributed by atoms with E-state index >= 15 is 0 Å². The van der Waals surface area contributed by atoms with Gasteiger partial charge in [0.05, 0.1) is 0 Å². The van der Waals surface area contributed by atoms with E-state index in [-0.39, 0.29) is 0 Å². The van der Waals surface area contributed by atoms with Crippen LogP contribution in [0.25, 0.3) is 0 Å². The molecule has 0 saturated heterocycles. The fourth-order valence-electron chi connectivity index (χ4n) is 7.50. The number of rotatable bonds is 2. The molecule has 0 aliphatic heterocycles. The second-order valence-corrected chi connectivity index (χ2v) is 10.2. The molecule has 0 spiro atoms. The van der Waals surface area contributed by atoms with Crippen LogP contribution in [0.5, 0.6) is 0 Å². The van der Waals surface area contributed by atoms with Crippen molar-refractivity contribution in [2.45, 2.75) is 85.5 Å². The van der Waals surface area contributed by atoms with Gasteiger partial charge in [0.15, 0.2) is 5.78 Å². The van der Waals surface area contributed by atoms with Crippen LogP contribution in [0.15, 0.2) is 11.6 Å². The van der Waals surface area contributed by atoms with Gasteiger partial charge in [-0.25, -0.2) is 0 Å². The summed E-state index contributed by atoms with van der Waals surface area (Å²) < 4.78 is 0. The van der Waals surface area contributed by atoms with E-state index in [1.807, 2.05) is 6.08 Å². The zero-order chi connectivity index (χ0) is 17.1. The molecule has 1 heteroatoms. The van der Waals surface area contributed by atoms with Gasteiger partial charge in [0, 0.05) is 6.42 Å². The molecule has 24 heavy (non-hydrogen) atoms. The molecule has 0 heterocycles. The Morgan fingerprint density at radius 2 is 1.83 bits per heavy atom. The van der Waals surface area contributed by atoms with E-state index < -0.39 is 0 Å². The van der Waals surface area contributed by atoms with Crippen molar-refractivity contribution in [2.75, 3.05) is 0 Å². The summed E-state index contributed by atoms with van der Waals surface area (Å²) in [6.07, 6.45) is 13.6.